The molecule has 12 heteroatoms. The molecule has 5 rings (SSSR count). The van der Waals surface area contributed by atoms with Crippen LogP contribution in [0.25, 0.3) is 0 Å². The number of anilines is 2. The molecule has 0 spiro atoms. The average molecular weight is 598 g/mol. The van der Waals surface area contributed by atoms with Gasteiger partial charge < -0.3 is 15.8 Å². The Bertz CT molecular complexity index is 1730. The summed E-state index contributed by atoms with van der Waals surface area (Å²) in [6.07, 6.45) is 0.854. The van der Waals surface area contributed by atoms with Crippen LogP contribution in [0.5, 0.6) is 5.75 Å². The summed E-state index contributed by atoms with van der Waals surface area (Å²) in [4.78, 5) is 28.0. The summed E-state index contributed by atoms with van der Waals surface area (Å²) in [5.74, 6) is -0.257. The Morgan fingerprint density at radius 3 is 2.64 bits per heavy atom. The molecule has 2 aromatic carbocycles. The Labute approximate surface area is 251 Å². The van der Waals surface area contributed by atoms with Crippen molar-refractivity contribution in [3.8, 4) is 17.9 Å². The molecule has 2 heterocycles. The number of nitrogens with zero attached hydrogens (tertiary/aromatic N) is 5. The summed E-state index contributed by atoms with van der Waals surface area (Å²) in [6.45, 7) is 4.05. The van der Waals surface area contributed by atoms with Gasteiger partial charge in [-0.15, -0.1) is 10.2 Å². The topological polar surface area (TPSA) is 158 Å². The van der Waals surface area contributed by atoms with Crippen molar-refractivity contribution in [2.24, 2.45) is 11.1 Å². The van der Waals surface area contributed by atoms with E-state index in [0.29, 0.717) is 56.1 Å². The van der Waals surface area contributed by atoms with Gasteiger partial charge in [0.25, 0.3) is 0 Å². The molecule has 1 atom stereocenters. The normalized spacial score (nSPS) is 17.8. The molecule has 1 aliphatic heterocycles. The van der Waals surface area contributed by atoms with Crippen LogP contribution in [0.2, 0.25) is 0 Å². The van der Waals surface area contributed by atoms with Gasteiger partial charge in [-0.25, -0.2) is 0 Å². The minimum Gasteiger partial charge on any atom is -0.496 e. The number of para-hydroxylation sites is 2. The maximum atomic E-state index is 13.8. The second-order valence-electron chi connectivity index (χ2n) is 10.6. The monoisotopic (exact) mass is 597 g/mol. The second kappa shape index (κ2) is 11.7. The SMILES string of the molecule is COc1ccccc1C1C(C#N)=C(N)N(c2nnc(SCC(=O)Nc3ccccc3C#N)s2)C2=C1C(=O)CC(C)(C)C2. The van der Waals surface area contributed by atoms with E-state index in [9.17, 15) is 20.1 Å². The molecule has 212 valence electrons. The van der Waals surface area contributed by atoms with E-state index < -0.39 is 5.92 Å². The minimum atomic E-state index is -0.678. The second-order valence-corrected chi connectivity index (χ2v) is 12.7. The summed E-state index contributed by atoms with van der Waals surface area (Å²) in [6, 6.07) is 18.4. The first kappa shape index (κ1) is 28.9. The first-order valence-electron chi connectivity index (χ1n) is 13.0. The van der Waals surface area contributed by atoms with Gasteiger partial charge in [-0.3, -0.25) is 14.5 Å². The Balaban J connectivity index is 1.48. The van der Waals surface area contributed by atoms with E-state index >= 15 is 0 Å². The molecule has 1 aliphatic carbocycles. The van der Waals surface area contributed by atoms with Crippen LogP contribution in [0.1, 0.15) is 43.7 Å². The molecule has 0 fully saturated rings. The Morgan fingerprint density at radius 2 is 1.90 bits per heavy atom. The summed E-state index contributed by atoms with van der Waals surface area (Å²) in [7, 11) is 1.55. The number of benzene rings is 2. The molecule has 1 aromatic heterocycles. The van der Waals surface area contributed by atoms with E-state index in [1.165, 1.54) is 23.1 Å². The number of Topliss-reactive ketones (excluding diaryl/α,β-unsaturated/α-hetero) is 1. The first-order chi connectivity index (χ1) is 20.2. The largest absolute Gasteiger partial charge is 0.496 e. The predicted molar refractivity (Wildman–Crippen MR) is 161 cm³/mol. The van der Waals surface area contributed by atoms with E-state index in [2.05, 4.69) is 27.7 Å². The number of carbonyl (C=O) groups is 2. The van der Waals surface area contributed by atoms with Crippen molar-refractivity contribution in [1.29, 1.82) is 10.5 Å². The van der Waals surface area contributed by atoms with Crippen LogP contribution in [0, 0.1) is 28.1 Å². The molecule has 0 saturated heterocycles. The van der Waals surface area contributed by atoms with Gasteiger partial charge in [0.2, 0.25) is 11.0 Å². The molecule has 1 unspecified atom stereocenters. The lowest BCUT2D eigenvalue weighted by molar-refractivity contribution is -0.118. The van der Waals surface area contributed by atoms with Crippen LogP contribution in [-0.2, 0) is 9.59 Å². The molecule has 0 radical (unpaired) electrons. The fraction of sp³-hybridized carbons (Fsp3) is 0.267. The number of allylic oxidation sites excluding steroid dienone is 3. The molecule has 1 amide bonds. The highest BCUT2D eigenvalue weighted by Crippen LogP contribution is 2.52. The van der Waals surface area contributed by atoms with Crippen LogP contribution >= 0.6 is 23.1 Å². The van der Waals surface area contributed by atoms with Gasteiger partial charge in [0.15, 0.2) is 10.1 Å². The van der Waals surface area contributed by atoms with E-state index in [-0.39, 0.29) is 34.3 Å². The van der Waals surface area contributed by atoms with Crippen molar-refractivity contribution in [3.63, 3.8) is 0 Å². The predicted octanol–water partition coefficient (Wildman–Crippen LogP) is 5.09. The summed E-state index contributed by atoms with van der Waals surface area (Å²) >= 11 is 2.40. The van der Waals surface area contributed by atoms with Crippen molar-refractivity contribution >= 4 is 45.6 Å². The number of ether oxygens (including phenoxy) is 1. The minimum absolute atomic E-state index is 0.0402. The van der Waals surface area contributed by atoms with Crippen molar-refractivity contribution in [2.75, 3.05) is 23.1 Å². The zero-order valence-corrected chi connectivity index (χ0v) is 24.8. The lowest BCUT2D eigenvalue weighted by Gasteiger charge is -2.42. The van der Waals surface area contributed by atoms with Crippen molar-refractivity contribution in [1.82, 2.24) is 10.2 Å². The molecule has 42 heavy (non-hydrogen) atoms. The number of rotatable bonds is 7. The quantitative estimate of drug-likeness (QED) is 0.351. The molecular weight excluding hydrogens is 571 g/mol. The Kier molecular flexibility index (Phi) is 8.03. The van der Waals surface area contributed by atoms with Gasteiger partial charge in [-0.05, 0) is 30.0 Å². The highest BCUT2D eigenvalue weighted by molar-refractivity contribution is 8.01. The number of thioether (sulfide) groups is 1. The van der Waals surface area contributed by atoms with Gasteiger partial charge in [-0.1, -0.05) is 67.3 Å². The smallest absolute Gasteiger partial charge is 0.234 e. The van der Waals surface area contributed by atoms with Gasteiger partial charge in [0, 0.05) is 23.3 Å². The first-order valence-corrected chi connectivity index (χ1v) is 14.8. The third-order valence-electron chi connectivity index (χ3n) is 7.07. The van der Waals surface area contributed by atoms with Crippen molar-refractivity contribution in [3.05, 3.63) is 82.3 Å². The number of hydrogen-bond donors (Lipinski definition) is 2. The maximum absolute atomic E-state index is 13.8. The van der Waals surface area contributed by atoms with Gasteiger partial charge in [0.05, 0.1) is 41.7 Å². The molecule has 3 aromatic rings. The molecular formula is C30H27N7O3S2. The van der Waals surface area contributed by atoms with Gasteiger partial charge >= 0.3 is 0 Å². The number of amides is 1. The van der Waals surface area contributed by atoms with Gasteiger partial charge in [0.1, 0.15) is 17.6 Å². The van der Waals surface area contributed by atoms with Crippen LogP contribution in [0.4, 0.5) is 10.8 Å². The van der Waals surface area contributed by atoms with E-state index in [0.717, 1.165) is 0 Å². The van der Waals surface area contributed by atoms with Crippen LogP contribution in [0.15, 0.2) is 75.5 Å². The number of hydrogen-bond acceptors (Lipinski definition) is 11. The van der Waals surface area contributed by atoms with E-state index in [4.69, 9.17) is 10.5 Å². The van der Waals surface area contributed by atoms with Crippen molar-refractivity contribution < 1.29 is 14.3 Å². The van der Waals surface area contributed by atoms with Crippen LogP contribution in [0.3, 0.4) is 0 Å². The van der Waals surface area contributed by atoms with Gasteiger partial charge in [-0.2, -0.15) is 10.5 Å². The van der Waals surface area contributed by atoms with Crippen LogP contribution < -0.4 is 20.7 Å². The fourth-order valence-corrected chi connectivity index (χ4v) is 6.98. The number of nitrogens with two attached hydrogens (primary N) is 1. The molecule has 0 bridgehead atoms. The number of nitriles is 2. The summed E-state index contributed by atoms with van der Waals surface area (Å²) < 4.78 is 6.11. The summed E-state index contributed by atoms with van der Waals surface area (Å²) in [5, 5.41) is 31.3. The Hall–Kier alpha value is -4.65. The molecule has 3 N–H and O–H groups in total. The van der Waals surface area contributed by atoms with E-state index in [1.54, 1.807) is 42.3 Å². The molecule has 2 aliphatic rings. The maximum Gasteiger partial charge on any atom is 0.234 e. The van der Waals surface area contributed by atoms with E-state index in [1.807, 2.05) is 32.0 Å². The zero-order chi connectivity index (χ0) is 30.0. The highest BCUT2D eigenvalue weighted by Gasteiger charge is 2.46. The Morgan fingerprint density at radius 1 is 1.17 bits per heavy atom. The molecule has 10 nitrogen and oxygen atoms in total. The highest BCUT2D eigenvalue weighted by atomic mass is 32.2. The number of methoxy groups -OCH3 is 1. The molecule has 0 saturated carbocycles. The van der Waals surface area contributed by atoms with Crippen LogP contribution in [-0.4, -0.2) is 34.8 Å². The third kappa shape index (κ3) is 5.47. The third-order valence-corrected chi connectivity index (χ3v) is 9.11. The fourth-order valence-electron chi connectivity index (χ4n) is 5.30. The lowest BCUT2D eigenvalue weighted by atomic mass is 9.68. The zero-order valence-electron chi connectivity index (χ0n) is 23.2. The number of aromatic nitrogens is 2. The standard InChI is InChI=1S/C30H27N7O3S2/c1-30(2)12-21-26(22(38)13-30)25(18-9-5-7-11-23(18)40-3)19(15-32)27(33)37(21)28-35-36-29(42-28)41-16-24(39)34-20-10-6-4-8-17(20)14-31/h4-11,25H,12-13,16,33H2,1-3H3,(H,34,39). The number of ketones is 1. The average Bonchev–Trinajstić information content (AvgIpc) is 3.43. The summed E-state index contributed by atoms with van der Waals surface area (Å²) in [5.41, 5.74) is 9.28. The number of nitrogens with one attached hydrogen (secondary N) is 1. The van der Waals surface area contributed by atoms with Crippen molar-refractivity contribution in [2.45, 2.75) is 36.9 Å². The number of carbonyl (C=O) groups excluding carboxylic acids is 2. The lowest BCUT2D eigenvalue weighted by Crippen LogP contribution is -2.42.